The van der Waals surface area contributed by atoms with E-state index in [1.54, 1.807) is 0 Å². The second-order valence-corrected chi connectivity index (χ2v) is 6.88. The maximum Gasteiger partial charge on any atom is 0.0171 e. The first-order chi connectivity index (χ1) is 8.74. The van der Waals surface area contributed by atoms with Crippen molar-refractivity contribution in [1.29, 1.82) is 0 Å². The van der Waals surface area contributed by atoms with Crippen molar-refractivity contribution in [3.05, 3.63) is 35.4 Å². The van der Waals surface area contributed by atoms with Gasteiger partial charge in [-0.2, -0.15) is 11.8 Å². The van der Waals surface area contributed by atoms with E-state index < -0.39 is 0 Å². The molecule has 0 aliphatic heterocycles. The number of rotatable bonds is 5. The summed E-state index contributed by atoms with van der Waals surface area (Å²) in [4.78, 5) is 0. The Morgan fingerprint density at radius 2 is 1.83 bits per heavy atom. The minimum Gasteiger partial charge on any atom is -0.327 e. The number of aryl methyl sites for hydroxylation is 1. The molecule has 0 radical (unpaired) electrons. The van der Waals surface area contributed by atoms with Crippen LogP contribution in [-0.4, -0.2) is 17.0 Å². The SMILES string of the molecule is Cc1ccc(CC(N)CSC2CCCCC2)cc1. The van der Waals surface area contributed by atoms with Gasteiger partial charge in [0.05, 0.1) is 0 Å². The molecule has 1 atom stereocenters. The summed E-state index contributed by atoms with van der Waals surface area (Å²) in [5.41, 5.74) is 8.94. The topological polar surface area (TPSA) is 26.0 Å². The Bertz CT molecular complexity index is 341. The third-order valence-electron chi connectivity index (χ3n) is 3.72. The predicted molar refractivity (Wildman–Crippen MR) is 82.2 cm³/mol. The number of nitrogens with two attached hydrogens (primary N) is 1. The summed E-state index contributed by atoms with van der Waals surface area (Å²) in [6, 6.07) is 9.08. The fourth-order valence-electron chi connectivity index (χ4n) is 2.58. The normalized spacial score (nSPS) is 18.8. The van der Waals surface area contributed by atoms with Gasteiger partial charge in [0, 0.05) is 17.0 Å². The van der Waals surface area contributed by atoms with Crippen LogP contribution in [0.2, 0.25) is 0 Å². The molecule has 1 fully saturated rings. The lowest BCUT2D eigenvalue weighted by atomic mass is 10.0. The predicted octanol–water partition coefficient (Wildman–Crippen LogP) is 3.93. The molecule has 1 aliphatic carbocycles. The summed E-state index contributed by atoms with van der Waals surface area (Å²) in [5, 5.41) is 0.878. The van der Waals surface area contributed by atoms with Crippen LogP contribution in [0.4, 0.5) is 0 Å². The van der Waals surface area contributed by atoms with Gasteiger partial charge in [-0.15, -0.1) is 0 Å². The van der Waals surface area contributed by atoms with E-state index >= 15 is 0 Å². The Hall–Kier alpha value is -0.470. The van der Waals surface area contributed by atoms with Crippen LogP contribution < -0.4 is 5.73 Å². The highest BCUT2D eigenvalue weighted by Crippen LogP contribution is 2.28. The van der Waals surface area contributed by atoms with Gasteiger partial charge < -0.3 is 5.73 Å². The van der Waals surface area contributed by atoms with Gasteiger partial charge in [0.2, 0.25) is 0 Å². The fourth-order valence-corrected chi connectivity index (χ4v) is 3.88. The van der Waals surface area contributed by atoms with E-state index in [2.05, 4.69) is 43.0 Å². The number of hydrogen-bond acceptors (Lipinski definition) is 2. The van der Waals surface area contributed by atoms with Gasteiger partial charge in [-0.3, -0.25) is 0 Å². The fraction of sp³-hybridized carbons (Fsp3) is 0.625. The lowest BCUT2D eigenvalue weighted by molar-refractivity contribution is 0.515. The monoisotopic (exact) mass is 263 g/mol. The average molecular weight is 263 g/mol. The van der Waals surface area contributed by atoms with Gasteiger partial charge >= 0.3 is 0 Å². The molecule has 0 aromatic heterocycles. The lowest BCUT2D eigenvalue weighted by Crippen LogP contribution is -2.27. The lowest BCUT2D eigenvalue weighted by Gasteiger charge is -2.22. The van der Waals surface area contributed by atoms with Crippen molar-refractivity contribution in [1.82, 2.24) is 0 Å². The molecule has 0 spiro atoms. The van der Waals surface area contributed by atoms with Gasteiger partial charge in [0.1, 0.15) is 0 Å². The Morgan fingerprint density at radius 1 is 1.17 bits per heavy atom. The summed E-state index contributed by atoms with van der Waals surface area (Å²) in [5.74, 6) is 1.11. The number of benzene rings is 1. The molecule has 1 aliphatic rings. The van der Waals surface area contributed by atoms with Crippen molar-refractivity contribution >= 4 is 11.8 Å². The zero-order chi connectivity index (χ0) is 12.8. The largest absolute Gasteiger partial charge is 0.327 e. The maximum absolute atomic E-state index is 6.24. The third kappa shape index (κ3) is 4.66. The molecule has 1 aromatic carbocycles. The van der Waals surface area contributed by atoms with E-state index in [9.17, 15) is 0 Å². The summed E-state index contributed by atoms with van der Waals surface area (Å²) in [7, 11) is 0. The highest BCUT2D eigenvalue weighted by atomic mass is 32.2. The quantitative estimate of drug-likeness (QED) is 0.871. The molecule has 0 heterocycles. The molecular formula is C16H25NS. The molecule has 2 rings (SSSR count). The number of hydrogen-bond donors (Lipinski definition) is 1. The van der Waals surface area contributed by atoms with Gasteiger partial charge in [-0.05, 0) is 31.7 Å². The van der Waals surface area contributed by atoms with E-state index in [1.807, 2.05) is 0 Å². The molecule has 0 saturated heterocycles. The zero-order valence-corrected chi connectivity index (χ0v) is 12.2. The van der Waals surface area contributed by atoms with Crippen LogP contribution >= 0.6 is 11.8 Å². The van der Waals surface area contributed by atoms with Crippen LogP contribution in [0.25, 0.3) is 0 Å². The van der Waals surface area contributed by atoms with Gasteiger partial charge in [0.15, 0.2) is 0 Å². The van der Waals surface area contributed by atoms with Crippen LogP contribution in [0.1, 0.15) is 43.2 Å². The van der Waals surface area contributed by atoms with E-state index in [4.69, 9.17) is 5.73 Å². The minimum absolute atomic E-state index is 0.305. The first-order valence-electron chi connectivity index (χ1n) is 7.17. The molecule has 2 heteroatoms. The van der Waals surface area contributed by atoms with Crippen molar-refractivity contribution < 1.29 is 0 Å². The maximum atomic E-state index is 6.24. The van der Waals surface area contributed by atoms with Gasteiger partial charge in [-0.25, -0.2) is 0 Å². The molecule has 0 amide bonds. The zero-order valence-electron chi connectivity index (χ0n) is 11.4. The van der Waals surface area contributed by atoms with Crippen LogP contribution in [0.15, 0.2) is 24.3 Å². The molecule has 0 bridgehead atoms. The summed E-state index contributed by atoms with van der Waals surface area (Å²) in [6.07, 6.45) is 8.10. The van der Waals surface area contributed by atoms with Crippen LogP contribution in [-0.2, 0) is 6.42 Å². The Labute approximate surface area is 116 Å². The summed E-state index contributed by atoms with van der Waals surface area (Å²) in [6.45, 7) is 2.13. The smallest absolute Gasteiger partial charge is 0.0171 e. The molecule has 2 N–H and O–H groups in total. The molecule has 1 nitrogen and oxygen atoms in total. The van der Waals surface area contributed by atoms with E-state index in [1.165, 1.54) is 43.2 Å². The Balaban J connectivity index is 1.71. The highest BCUT2D eigenvalue weighted by molar-refractivity contribution is 7.99. The molecule has 1 aromatic rings. The molecule has 100 valence electrons. The van der Waals surface area contributed by atoms with E-state index in [-0.39, 0.29) is 0 Å². The van der Waals surface area contributed by atoms with Gasteiger partial charge in [-0.1, -0.05) is 49.1 Å². The average Bonchev–Trinajstić information content (AvgIpc) is 2.40. The Morgan fingerprint density at radius 3 is 2.50 bits per heavy atom. The summed E-state index contributed by atoms with van der Waals surface area (Å²) < 4.78 is 0. The molecular weight excluding hydrogens is 238 g/mol. The first kappa shape index (κ1) is 14.0. The van der Waals surface area contributed by atoms with E-state index in [0.717, 1.165) is 17.4 Å². The highest BCUT2D eigenvalue weighted by Gasteiger charge is 2.15. The van der Waals surface area contributed by atoms with Crippen LogP contribution in [0.5, 0.6) is 0 Å². The van der Waals surface area contributed by atoms with Crippen LogP contribution in [0, 0.1) is 6.92 Å². The van der Waals surface area contributed by atoms with Crippen molar-refractivity contribution in [2.45, 2.75) is 56.7 Å². The van der Waals surface area contributed by atoms with Gasteiger partial charge in [0.25, 0.3) is 0 Å². The second-order valence-electron chi connectivity index (χ2n) is 5.54. The molecule has 18 heavy (non-hydrogen) atoms. The van der Waals surface area contributed by atoms with Crippen molar-refractivity contribution in [3.8, 4) is 0 Å². The standard InChI is InChI=1S/C16H25NS/c1-13-7-9-14(10-8-13)11-15(17)12-18-16-5-3-2-4-6-16/h7-10,15-16H,2-6,11-12,17H2,1H3. The van der Waals surface area contributed by atoms with Crippen molar-refractivity contribution in [2.75, 3.05) is 5.75 Å². The minimum atomic E-state index is 0.305. The van der Waals surface area contributed by atoms with E-state index in [0.29, 0.717) is 6.04 Å². The second kappa shape index (κ2) is 7.20. The number of thioether (sulfide) groups is 1. The molecule has 1 saturated carbocycles. The third-order valence-corrected chi connectivity index (χ3v) is 5.28. The molecule has 1 unspecified atom stereocenters. The first-order valence-corrected chi connectivity index (χ1v) is 8.21. The van der Waals surface area contributed by atoms with Crippen molar-refractivity contribution in [2.24, 2.45) is 5.73 Å². The van der Waals surface area contributed by atoms with Crippen molar-refractivity contribution in [3.63, 3.8) is 0 Å². The Kier molecular flexibility index (Phi) is 5.58. The summed E-state index contributed by atoms with van der Waals surface area (Å²) >= 11 is 2.10. The van der Waals surface area contributed by atoms with Crippen LogP contribution in [0.3, 0.4) is 0 Å².